The predicted octanol–water partition coefficient (Wildman–Crippen LogP) is 1.11. The maximum atomic E-state index is 11.0. The van der Waals surface area contributed by atoms with Gasteiger partial charge in [-0.2, -0.15) is 5.10 Å². The summed E-state index contributed by atoms with van der Waals surface area (Å²) in [7, 11) is 0. The number of nitrogens with one attached hydrogen (secondary N) is 3. The Morgan fingerprint density at radius 2 is 2.41 bits per heavy atom. The highest BCUT2D eigenvalue weighted by atomic mass is 79.9. The molecule has 0 unspecified atom stereocenters. The molecule has 0 atom stereocenters. The minimum absolute atomic E-state index is 0.0557. The Morgan fingerprint density at radius 3 is 2.94 bits per heavy atom. The summed E-state index contributed by atoms with van der Waals surface area (Å²) in [6.07, 6.45) is -0.640. The van der Waals surface area contributed by atoms with Crippen molar-refractivity contribution in [1.82, 2.24) is 15.5 Å². The molecule has 1 aromatic heterocycles. The lowest BCUT2D eigenvalue weighted by Gasteiger charge is -2.07. The van der Waals surface area contributed by atoms with Crippen molar-refractivity contribution in [2.24, 2.45) is 0 Å². The molecule has 1 rings (SSSR count). The lowest BCUT2D eigenvalue weighted by molar-refractivity contribution is 0.158. The van der Waals surface area contributed by atoms with Crippen LogP contribution in [0.25, 0.3) is 0 Å². The third-order valence-electron chi connectivity index (χ3n) is 1.66. The van der Waals surface area contributed by atoms with E-state index in [1.54, 1.807) is 6.92 Å². The zero-order valence-electron chi connectivity index (χ0n) is 8.91. The van der Waals surface area contributed by atoms with Gasteiger partial charge in [0.15, 0.2) is 10.9 Å². The van der Waals surface area contributed by atoms with Crippen LogP contribution >= 0.6 is 28.1 Å². The second-order valence-electron chi connectivity index (χ2n) is 2.82. The van der Waals surface area contributed by atoms with Gasteiger partial charge < -0.3 is 15.2 Å². The molecule has 1 amide bonds. The number of thiocarbonyl (C=S) groups is 1. The number of nitrogens with zero attached hydrogens (tertiary/aromatic N) is 1. The third kappa shape index (κ3) is 3.95. The van der Waals surface area contributed by atoms with Crippen molar-refractivity contribution in [2.75, 3.05) is 11.9 Å². The predicted molar refractivity (Wildman–Crippen MR) is 68.6 cm³/mol. The summed E-state index contributed by atoms with van der Waals surface area (Å²) in [5, 5.41) is 20.4. The molecular weight excluding hydrogens is 312 g/mol. The molecule has 0 aliphatic rings. The molecule has 0 aromatic carbocycles. The minimum atomic E-state index is -0.640. The molecule has 0 saturated heterocycles. The molecule has 7 nitrogen and oxygen atoms in total. The molecule has 0 aliphatic heterocycles. The second-order valence-corrected chi connectivity index (χ2v) is 4.02. The highest BCUT2D eigenvalue weighted by Gasteiger charge is 2.12. The van der Waals surface area contributed by atoms with E-state index in [9.17, 15) is 4.79 Å². The van der Waals surface area contributed by atoms with Crippen LogP contribution in [-0.4, -0.2) is 33.1 Å². The fourth-order valence-electron chi connectivity index (χ4n) is 0.951. The molecule has 0 bridgehead atoms. The van der Waals surface area contributed by atoms with Crippen LogP contribution in [0.5, 0.6) is 0 Å². The largest absolute Gasteiger partial charge is 0.450 e. The SMILES string of the molecule is CCOC(=O)NC(=S)Nc1n[nH]c(CO)c1Br. The first kappa shape index (κ1) is 13.9. The average molecular weight is 323 g/mol. The normalized spacial score (nSPS) is 9.82. The highest BCUT2D eigenvalue weighted by Crippen LogP contribution is 2.23. The third-order valence-corrected chi connectivity index (χ3v) is 2.71. The monoisotopic (exact) mass is 322 g/mol. The molecule has 0 aliphatic carbocycles. The number of aromatic nitrogens is 2. The van der Waals surface area contributed by atoms with E-state index in [0.29, 0.717) is 16.0 Å². The van der Waals surface area contributed by atoms with Crippen molar-refractivity contribution in [3.05, 3.63) is 10.2 Å². The number of aliphatic hydroxyl groups is 1. The number of amides is 1. The van der Waals surface area contributed by atoms with E-state index >= 15 is 0 Å². The number of hydrogen-bond acceptors (Lipinski definition) is 5. The van der Waals surface area contributed by atoms with E-state index in [1.807, 2.05) is 0 Å². The Hall–Kier alpha value is -1.19. The molecule has 0 saturated carbocycles. The molecule has 0 fully saturated rings. The number of aromatic amines is 1. The molecule has 9 heteroatoms. The first-order chi connectivity index (χ1) is 8.08. The van der Waals surface area contributed by atoms with E-state index in [-0.39, 0.29) is 18.3 Å². The first-order valence-corrected chi connectivity index (χ1v) is 5.87. The van der Waals surface area contributed by atoms with Gasteiger partial charge in [-0.15, -0.1) is 0 Å². The summed E-state index contributed by atoms with van der Waals surface area (Å²) < 4.78 is 5.20. The maximum Gasteiger partial charge on any atom is 0.413 e. The van der Waals surface area contributed by atoms with E-state index in [2.05, 4.69) is 41.5 Å². The zero-order chi connectivity index (χ0) is 12.8. The highest BCUT2D eigenvalue weighted by molar-refractivity contribution is 9.10. The van der Waals surface area contributed by atoms with Crippen LogP contribution in [0.15, 0.2) is 4.47 Å². The Morgan fingerprint density at radius 1 is 1.71 bits per heavy atom. The van der Waals surface area contributed by atoms with Gasteiger partial charge in [0, 0.05) is 0 Å². The van der Waals surface area contributed by atoms with E-state index in [0.717, 1.165) is 0 Å². The van der Waals surface area contributed by atoms with Crippen LogP contribution in [0.1, 0.15) is 12.6 Å². The summed E-state index contributed by atoms with van der Waals surface area (Å²) in [5.74, 6) is 0.371. The second kappa shape index (κ2) is 6.52. The lowest BCUT2D eigenvalue weighted by atomic mass is 10.4. The number of aliphatic hydroxyl groups excluding tert-OH is 1. The number of alkyl carbamates (subject to hydrolysis) is 1. The average Bonchev–Trinajstić information content (AvgIpc) is 2.60. The molecule has 94 valence electrons. The number of hydrogen-bond donors (Lipinski definition) is 4. The molecule has 0 radical (unpaired) electrons. The van der Waals surface area contributed by atoms with Crippen LogP contribution in [-0.2, 0) is 11.3 Å². The van der Waals surface area contributed by atoms with Gasteiger partial charge in [0.25, 0.3) is 0 Å². The first-order valence-electron chi connectivity index (χ1n) is 4.66. The van der Waals surface area contributed by atoms with Crippen LogP contribution < -0.4 is 10.6 Å². The molecule has 1 aromatic rings. The Kier molecular flexibility index (Phi) is 5.32. The van der Waals surface area contributed by atoms with Crippen LogP contribution in [0.3, 0.4) is 0 Å². The number of H-pyrrole nitrogens is 1. The van der Waals surface area contributed by atoms with E-state index in [1.165, 1.54) is 0 Å². The number of anilines is 1. The summed E-state index contributed by atoms with van der Waals surface area (Å²) in [5.41, 5.74) is 0.506. The quantitative estimate of drug-likeness (QED) is 0.622. The Balaban J connectivity index is 2.56. The Labute approximate surface area is 111 Å². The van der Waals surface area contributed by atoms with Crippen LogP contribution in [0.2, 0.25) is 0 Å². The lowest BCUT2D eigenvalue weighted by Crippen LogP contribution is -2.34. The van der Waals surface area contributed by atoms with Gasteiger partial charge in [0.05, 0.1) is 23.4 Å². The number of rotatable bonds is 3. The van der Waals surface area contributed by atoms with Gasteiger partial charge in [-0.25, -0.2) is 4.79 Å². The van der Waals surface area contributed by atoms with Gasteiger partial charge in [-0.05, 0) is 35.1 Å². The number of carbonyl (C=O) groups is 1. The van der Waals surface area contributed by atoms with Gasteiger partial charge in [0.2, 0.25) is 0 Å². The smallest absolute Gasteiger partial charge is 0.413 e. The van der Waals surface area contributed by atoms with E-state index < -0.39 is 6.09 Å². The van der Waals surface area contributed by atoms with Gasteiger partial charge >= 0.3 is 6.09 Å². The van der Waals surface area contributed by atoms with Gasteiger partial charge in [-0.1, -0.05) is 0 Å². The topological polar surface area (TPSA) is 99.3 Å². The van der Waals surface area contributed by atoms with Crippen molar-refractivity contribution in [3.8, 4) is 0 Å². The molecule has 4 N–H and O–H groups in total. The van der Waals surface area contributed by atoms with Crippen molar-refractivity contribution < 1.29 is 14.6 Å². The maximum absolute atomic E-state index is 11.0. The van der Waals surface area contributed by atoms with Gasteiger partial charge in [0.1, 0.15) is 0 Å². The zero-order valence-corrected chi connectivity index (χ0v) is 11.3. The minimum Gasteiger partial charge on any atom is -0.450 e. The van der Waals surface area contributed by atoms with Crippen LogP contribution in [0.4, 0.5) is 10.6 Å². The fourth-order valence-corrected chi connectivity index (χ4v) is 1.53. The number of halogens is 1. The van der Waals surface area contributed by atoms with Crippen molar-refractivity contribution in [3.63, 3.8) is 0 Å². The summed E-state index contributed by atoms with van der Waals surface area (Å²) in [6, 6.07) is 0. The number of carbonyl (C=O) groups excluding carboxylic acids is 1. The molecular formula is C8H11BrN4O3S. The van der Waals surface area contributed by atoms with Gasteiger partial charge in [-0.3, -0.25) is 10.4 Å². The van der Waals surface area contributed by atoms with Crippen molar-refractivity contribution in [2.45, 2.75) is 13.5 Å². The van der Waals surface area contributed by atoms with Crippen molar-refractivity contribution in [1.29, 1.82) is 0 Å². The van der Waals surface area contributed by atoms with Crippen molar-refractivity contribution >= 4 is 45.2 Å². The number of ether oxygens (including phenoxy) is 1. The standard InChI is InChI=1S/C8H11BrN4O3S/c1-2-16-8(15)11-7(17)10-6-5(9)4(3-14)12-13-6/h14H,2-3H2,1H3,(H3,10,11,12,13,15,17). The molecule has 17 heavy (non-hydrogen) atoms. The molecule has 0 spiro atoms. The summed E-state index contributed by atoms with van der Waals surface area (Å²) in [6.45, 7) is 1.76. The summed E-state index contributed by atoms with van der Waals surface area (Å²) in [4.78, 5) is 11.0. The fraction of sp³-hybridized carbons (Fsp3) is 0.375. The van der Waals surface area contributed by atoms with Crippen LogP contribution in [0, 0.1) is 0 Å². The molecule has 1 heterocycles. The van der Waals surface area contributed by atoms with E-state index in [4.69, 9.17) is 17.3 Å². The summed E-state index contributed by atoms with van der Waals surface area (Å²) >= 11 is 8.09. The Bertz CT molecular complexity index is 423.